The number of carbonyl (C=O) groups is 1. The highest BCUT2D eigenvalue weighted by Crippen LogP contribution is 2.21. The Balaban J connectivity index is 2.32. The van der Waals surface area contributed by atoms with Gasteiger partial charge < -0.3 is 9.84 Å². The van der Waals surface area contributed by atoms with Crippen molar-refractivity contribution in [2.45, 2.75) is 0 Å². The molecule has 0 radical (unpaired) electrons. The number of hydrogen-bond donors (Lipinski definition) is 1. The monoisotopic (exact) mass is 282 g/mol. The smallest absolute Gasteiger partial charge is 0.449 e. The molecule has 0 saturated carbocycles. The normalized spacial score (nSPS) is 10.1. The SMILES string of the molecule is O=C(O)Oc1cnn(-c2ccccc2Br)c1. The van der Waals surface area contributed by atoms with Crippen molar-refractivity contribution in [1.29, 1.82) is 0 Å². The molecule has 0 fully saturated rings. The lowest BCUT2D eigenvalue weighted by Gasteiger charge is -2.02. The maximum absolute atomic E-state index is 10.3. The van der Waals surface area contributed by atoms with Gasteiger partial charge in [0.05, 0.1) is 18.1 Å². The zero-order valence-corrected chi connectivity index (χ0v) is 9.59. The summed E-state index contributed by atoms with van der Waals surface area (Å²) >= 11 is 3.38. The van der Waals surface area contributed by atoms with Gasteiger partial charge in [-0.15, -0.1) is 0 Å². The highest BCUT2D eigenvalue weighted by Gasteiger charge is 2.07. The van der Waals surface area contributed by atoms with E-state index < -0.39 is 6.16 Å². The van der Waals surface area contributed by atoms with E-state index in [1.54, 1.807) is 0 Å². The van der Waals surface area contributed by atoms with Crippen LogP contribution in [0.2, 0.25) is 0 Å². The molecule has 1 aromatic heterocycles. The quantitative estimate of drug-likeness (QED) is 0.860. The number of hydrogen-bond acceptors (Lipinski definition) is 3. The van der Waals surface area contributed by atoms with Crippen LogP contribution in [-0.2, 0) is 0 Å². The van der Waals surface area contributed by atoms with Gasteiger partial charge in [0.1, 0.15) is 0 Å². The third kappa shape index (κ3) is 2.22. The third-order valence-corrected chi connectivity index (χ3v) is 2.53. The predicted molar refractivity (Wildman–Crippen MR) is 59.9 cm³/mol. The molecule has 1 N–H and O–H groups in total. The number of para-hydroxylation sites is 1. The van der Waals surface area contributed by atoms with E-state index in [0.29, 0.717) is 0 Å². The Hall–Kier alpha value is -1.82. The summed E-state index contributed by atoms with van der Waals surface area (Å²) in [5.74, 6) is 0.184. The number of halogens is 1. The van der Waals surface area contributed by atoms with Crippen molar-refractivity contribution in [2.75, 3.05) is 0 Å². The van der Waals surface area contributed by atoms with Gasteiger partial charge in [-0.25, -0.2) is 9.48 Å². The minimum Gasteiger partial charge on any atom is -0.449 e. The van der Waals surface area contributed by atoms with Gasteiger partial charge in [-0.2, -0.15) is 5.10 Å². The van der Waals surface area contributed by atoms with Gasteiger partial charge in [-0.3, -0.25) is 0 Å². The number of nitrogens with zero attached hydrogens (tertiary/aromatic N) is 2. The Kier molecular flexibility index (Phi) is 2.91. The molecule has 16 heavy (non-hydrogen) atoms. The zero-order chi connectivity index (χ0) is 11.5. The van der Waals surface area contributed by atoms with E-state index in [2.05, 4.69) is 25.8 Å². The molecule has 5 nitrogen and oxygen atoms in total. The second kappa shape index (κ2) is 4.36. The van der Waals surface area contributed by atoms with Crippen LogP contribution in [-0.4, -0.2) is 21.0 Å². The molecule has 6 heteroatoms. The molecule has 0 bridgehead atoms. The van der Waals surface area contributed by atoms with Gasteiger partial charge in [0, 0.05) is 4.47 Å². The molecule has 0 atom stereocenters. The van der Waals surface area contributed by atoms with Crippen LogP contribution < -0.4 is 4.74 Å². The standard InChI is InChI=1S/C10H7BrN2O3/c11-8-3-1-2-4-9(8)13-6-7(5-12-13)16-10(14)15/h1-6H,(H,14,15). The first-order valence-electron chi connectivity index (χ1n) is 4.37. The molecule has 82 valence electrons. The molecule has 2 aromatic rings. The number of benzene rings is 1. The molecule has 0 aliphatic heterocycles. The summed E-state index contributed by atoms with van der Waals surface area (Å²) in [7, 11) is 0. The summed E-state index contributed by atoms with van der Waals surface area (Å²) in [6.45, 7) is 0. The Labute approximate surface area is 99.4 Å². The molecule has 1 aromatic carbocycles. The average Bonchev–Trinajstić information content (AvgIpc) is 2.66. The molecule has 0 aliphatic carbocycles. The van der Waals surface area contributed by atoms with Gasteiger partial charge in [0.15, 0.2) is 5.75 Å². The maximum Gasteiger partial charge on any atom is 0.511 e. The van der Waals surface area contributed by atoms with Crippen molar-refractivity contribution in [3.8, 4) is 11.4 Å². The van der Waals surface area contributed by atoms with Crippen LogP contribution in [0, 0.1) is 0 Å². The molecule has 0 saturated heterocycles. The van der Waals surface area contributed by atoms with Crippen LogP contribution in [0.25, 0.3) is 5.69 Å². The van der Waals surface area contributed by atoms with E-state index in [-0.39, 0.29) is 5.75 Å². The molecule has 0 spiro atoms. The van der Waals surface area contributed by atoms with Crippen molar-refractivity contribution >= 4 is 22.1 Å². The molecule has 0 unspecified atom stereocenters. The first-order chi connectivity index (χ1) is 7.66. The summed E-state index contributed by atoms with van der Waals surface area (Å²) in [5, 5.41) is 12.4. The third-order valence-electron chi connectivity index (χ3n) is 1.86. The largest absolute Gasteiger partial charge is 0.511 e. The average molecular weight is 283 g/mol. The number of aromatic nitrogens is 2. The van der Waals surface area contributed by atoms with E-state index in [0.717, 1.165) is 10.2 Å². The van der Waals surface area contributed by atoms with Gasteiger partial charge in [0.25, 0.3) is 0 Å². The summed E-state index contributed by atoms with van der Waals surface area (Å²) in [4.78, 5) is 10.3. The minimum absolute atomic E-state index is 0.184. The minimum atomic E-state index is -1.35. The molecule has 0 amide bonds. The predicted octanol–water partition coefficient (Wildman–Crippen LogP) is 2.69. The fourth-order valence-electron chi connectivity index (χ4n) is 1.23. The van der Waals surface area contributed by atoms with Crippen LogP contribution in [0.15, 0.2) is 41.1 Å². The summed E-state index contributed by atoms with van der Waals surface area (Å²) < 4.78 is 6.87. The van der Waals surface area contributed by atoms with Crippen LogP contribution in [0.5, 0.6) is 5.75 Å². The summed E-state index contributed by atoms with van der Waals surface area (Å²) in [5.41, 5.74) is 0.808. The highest BCUT2D eigenvalue weighted by atomic mass is 79.9. The van der Waals surface area contributed by atoms with Crippen molar-refractivity contribution in [3.05, 3.63) is 41.1 Å². The lowest BCUT2D eigenvalue weighted by molar-refractivity contribution is 0.144. The zero-order valence-electron chi connectivity index (χ0n) is 8.00. The van der Waals surface area contributed by atoms with Crippen LogP contribution in [0.1, 0.15) is 0 Å². The fraction of sp³-hybridized carbons (Fsp3) is 0. The Morgan fingerprint density at radius 3 is 2.88 bits per heavy atom. The Morgan fingerprint density at radius 1 is 1.44 bits per heavy atom. The van der Waals surface area contributed by atoms with E-state index in [9.17, 15) is 4.79 Å². The molecular formula is C10H7BrN2O3. The van der Waals surface area contributed by atoms with Crippen LogP contribution in [0.4, 0.5) is 4.79 Å². The highest BCUT2D eigenvalue weighted by molar-refractivity contribution is 9.10. The van der Waals surface area contributed by atoms with Crippen molar-refractivity contribution in [1.82, 2.24) is 9.78 Å². The number of rotatable bonds is 2. The lowest BCUT2D eigenvalue weighted by Crippen LogP contribution is -2.02. The topological polar surface area (TPSA) is 64.3 Å². The molecule has 1 heterocycles. The summed E-state index contributed by atoms with van der Waals surface area (Å²) in [6, 6.07) is 7.46. The molecule has 0 aliphatic rings. The van der Waals surface area contributed by atoms with Gasteiger partial charge in [-0.05, 0) is 28.1 Å². The second-order valence-electron chi connectivity index (χ2n) is 2.94. The first-order valence-corrected chi connectivity index (χ1v) is 5.16. The van der Waals surface area contributed by atoms with Gasteiger partial charge in [-0.1, -0.05) is 12.1 Å². The number of ether oxygens (including phenoxy) is 1. The van der Waals surface area contributed by atoms with E-state index >= 15 is 0 Å². The lowest BCUT2D eigenvalue weighted by atomic mass is 10.3. The summed E-state index contributed by atoms with van der Waals surface area (Å²) in [6.07, 6.45) is 1.48. The maximum atomic E-state index is 10.3. The van der Waals surface area contributed by atoms with Gasteiger partial charge in [0.2, 0.25) is 0 Å². The first kappa shape index (κ1) is 10.7. The molecule has 2 rings (SSSR count). The van der Waals surface area contributed by atoms with E-state index in [1.807, 2.05) is 24.3 Å². The Bertz CT molecular complexity index is 524. The number of carboxylic acid groups (broad SMARTS) is 1. The van der Waals surface area contributed by atoms with Crippen molar-refractivity contribution < 1.29 is 14.6 Å². The van der Waals surface area contributed by atoms with E-state index in [4.69, 9.17) is 5.11 Å². The van der Waals surface area contributed by atoms with Gasteiger partial charge >= 0.3 is 6.16 Å². The van der Waals surface area contributed by atoms with Crippen molar-refractivity contribution in [3.63, 3.8) is 0 Å². The fourth-order valence-corrected chi connectivity index (χ4v) is 1.70. The van der Waals surface area contributed by atoms with Crippen LogP contribution in [0.3, 0.4) is 0 Å². The molecular weight excluding hydrogens is 276 g/mol. The van der Waals surface area contributed by atoms with E-state index in [1.165, 1.54) is 17.1 Å². The Morgan fingerprint density at radius 2 is 2.19 bits per heavy atom. The second-order valence-corrected chi connectivity index (χ2v) is 3.79. The van der Waals surface area contributed by atoms with Crippen LogP contribution >= 0.6 is 15.9 Å². The van der Waals surface area contributed by atoms with Crippen molar-refractivity contribution in [2.24, 2.45) is 0 Å².